The van der Waals surface area contributed by atoms with E-state index in [1.807, 2.05) is 12.1 Å². The second-order valence-electron chi connectivity index (χ2n) is 11.9. The van der Waals surface area contributed by atoms with Crippen molar-refractivity contribution in [3.8, 4) is 11.5 Å². The number of alkyl carbamates (subject to hydrolysis) is 1. The van der Waals surface area contributed by atoms with Gasteiger partial charge in [-0.25, -0.2) is 4.79 Å². The first-order valence-corrected chi connectivity index (χ1v) is 13.8. The Morgan fingerprint density at radius 3 is 2.19 bits per heavy atom. The molecule has 0 aliphatic carbocycles. The van der Waals surface area contributed by atoms with E-state index in [9.17, 15) is 14.4 Å². The van der Waals surface area contributed by atoms with Crippen LogP contribution in [-0.2, 0) is 10.2 Å². The van der Waals surface area contributed by atoms with Crippen molar-refractivity contribution in [1.29, 1.82) is 0 Å². The summed E-state index contributed by atoms with van der Waals surface area (Å²) in [6.07, 6.45) is -0.00683. The number of hydrogen-bond acceptors (Lipinski definition) is 7. The van der Waals surface area contributed by atoms with E-state index in [1.54, 1.807) is 76.4 Å². The molecule has 0 saturated heterocycles. The Morgan fingerprint density at radius 1 is 0.881 bits per heavy atom. The van der Waals surface area contributed by atoms with Crippen LogP contribution in [-0.4, -0.2) is 43.6 Å². The smallest absolute Gasteiger partial charge is 0.407 e. The minimum atomic E-state index is -0.586. The van der Waals surface area contributed by atoms with Gasteiger partial charge in [-0.05, 0) is 86.7 Å². The fraction of sp³-hybridized carbons (Fsp3) is 0.364. The minimum absolute atomic E-state index is 0.188. The van der Waals surface area contributed by atoms with E-state index in [0.717, 1.165) is 5.56 Å². The normalized spacial score (nSPS) is 11.4. The van der Waals surface area contributed by atoms with Gasteiger partial charge in [-0.2, -0.15) is 0 Å². The molecule has 224 valence electrons. The average molecular weight is 576 g/mol. The molecule has 3 aromatic carbocycles. The molecule has 9 heteroatoms. The molecule has 0 spiro atoms. The summed E-state index contributed by atoms with van der Waals surface area (Å²) < 4.78 is 16.5. The average Bonchev–Trinajstić information content (AvgIpc) is 2.92. The number of rotatable bonds is 10. The maximum atomic E-state index is 13.9. The zero-order valence-electron chi connectivity index (χ0n) is 25.4. The molecule has 42 heavy (non-hydrogen) atoms. The molecule has 0 saturated carbocycles. The third-order valence-electron chi connectivity index (χ3n) is 6.27. The molecule has 0 heterocycles. The molecule has 0 aliphatic rings. The van der Waals surface area contributed by atoms with E-state index in [4.69, 9.17) is 19.9 Å². The second kappa shape index (κ2) is 13.4. The van der Waals surface area contributed by atoms with Crippen molar-refractivity contribution < 1.29 is 28.6 Å². The SMILES string of the molecule is COc1ccc(C(=O)Nc2c(N)cccc2C(=O)c2ccc(C(C)(C)C)cc2OCCCNC(=O)OC(C)(C)C)cc1. The maximum Gasteiger partial charge on any atom is 0.407 e. The third kappa shape index (κ3) is 8.73. The number of para-hydroxylation sites is 1. The lowest BCUT2D eigenvalue weighted by Crippen LogP contribution is -2.33. The highest BCUT2D eigenvalue weighted by Crippen LogP contribution is 2.33. The fourth-order valence-electron chi connectivity index (χ4n) is 4.03. The molecule has 0 fully saturated rings. The number of carbonyl (C=O) groups excluding carboxylic acids is 3. The van der Waals surface area contributed by atoms with E-state index in [-0.39, 0.29) is 34.7 Å². The van der Waals surface area contributed by atoms with Crippen molar-refractivity contribution >= 4 is 29.2 Å². The molecule has 0 unspecified atom stereocenters. The van der Waals surface area contributed by atoms with E-state index in [0.29, 0.717) is 35.6 Å². The van der Waals surface area contributed by atoms with Crippen LogP contribution in [0.3, 0.4) is 0 Å². The quantitative estimate of drug-likeness (QED) is 0.146. The Morgan fingerprint density at radius 2 is 1.57 bits per heavy atom. The summed E-state index contributed by atoms with van der Waals surface area (Å²) in [4.78, 5) is 38.9. The van der Waals surface area contributed by atoms with Crippen LogP contribution in [0, 0.1) is 0 Å². The molecule has 0 aliphatic heterocycles. The summed E-state index contributed by atoms with van der Waals surface area (Å²) in [5.41, 5.74) is 7.87. The predicted octanol–water partition coefficient (Wildman–Crippen LogP) is 6.35. The lowest BCUT2D eigenvalue weighted by Gasteiger charge is -2.22. The number of benzene rings is 3. The number of carbonyl (C=O) groups is 3. The number of ketones is 1. The monoisotopic (exact) mass is 575 g/mol. The summed E-state index contributed by atoms with van der Waals surface area (Å²) >= 11 is 0. The first-order chi connectivity index (χ1) is 19.7. The number of hydrogen-bond donors (Lipinski definition) is 3. The number of nitrogens with two attached hydrogens (primary N) is 1. The number of ether oxygens (including phenoxy) is 3. The summed E-state index contributed by atoms with van der Waals surface area (Å²) in [6.45, 7) is 12.2. The molecule has 3 aromatic rings. The largest absolute Gasteiger partial charge is 0.497 e. The van der Waals surface area contributed by atoms with Crippen LogP contribution in [0.15, 0.2) is 60.7 Å². The summed E-state index contributed by atoms with van der Waals surface area (Å²) in [5, 5.41) is 5.51. The van der Waals surface area contributed by atoms with Crippen molar-refractivity contribution in [3.05, 3.63) is 82.9 Å². The number of nitrogen functional groups attached to an aromatic ring is 1. The van der Waals surface area contributed by atoms with Gasteiger partial charge in [-0.15, -0.1) is 0 Å². The second-order valence-corrected chi connectivity index (χ2v) is 11.9. The molecule has 0 aromatic heterocycles. The zero-order chi connectivity index (χ0) is 31.1. The van der Waals surface area contributed by atoms with Gasteiger partial charge in [-0.3, -0.25) is 9.59 Å². The lowest BCUT2D eigenvalue weighted by molar-refractivity contribution is 0.0525. The summed E-state index contributed by atoms with van der Waals surface area (Å²) in [5.74, 6) is 0.254. The summed E-state index contributed by atoms with van der Waals surface area (Å²) in [7, 11) is 1.55. The molecular formula is C33H41N3O6. The topological polar surface area (TPSA) is 129 Å². The first-order valence-electron chi connectivity index (χ1n) is 13.8. The van der Waals surface area contributed by atoms with Crippen molar-refractivity contribution in [1.82, 2.24) is 5.32 Å². The Bertz CT molecular complexity index is 1420. The Kier molecular flexibility index (Phi) is 10.2. The van der Waals surface area contributed by atoms with Crippen LogP contribution in [0.5, 0.6) is 11.5 Å². The van der Waals surface area contributed by atoms with Gasteiger partial charge in [0.1, 0.15) is 17.1 Å². The summed E-state index contributed by atoms with van der Waals surface area (Å²) in [6, 6.07) is 17.0. The van der Waals surface area contributed by atoms with Crippen LogP contribution < -0.4 is 25.8 Å². The van der Waals surface area contributed by atoms with Crippen LogP contribution in [0.25, 0.3) is 0 Å². The van der Waals surface area contributed by atoms with Gasteiger partial charge in [0, 0.05) is 17.7 Å². The highest BCUT2D eigenvalue weighted by molar-refractivity contribution is 6.18. The number of methoxy groups -OCH3 is 1. The van der Waals surface area contributed by atoms with Gasteiger partial charge in [-0.1, -0.05) is 32.9 Å². The van der Waals surface area contributed by atoms with Gasteiger partial charge in [0.25, 0.3) is 5.91 Å². The number of nitrogens with one attached hydrogen (secondary N) is 2. The molecule has 3 rings (SSSR count). The minimum Gasteiger partial charge on any atom is -0.497 e. The molecule has 9 nitrogen and oxygen atoms in total. The fourth-order valence-corrected chi connectivity index (χ4v) is 4.03. The van der Waals surface area contributed by atoms with Gasteiger partial charge >= 0.3 is 6.09 Å². The van der Waals surface area contributed by atoms with Crippen molar-refractivity contribution in [3.63, 3.8) is 0 Å². The van der Waals surface area contributed by atoms with E-state index < -0.39 is 17.6 Å². The molecule has 0 bridgehead atoms. The number of amides is 2. The van der Waals surface area contributed by atoms with Gasteiger partial charge in [0.05, 0.1) is 30.7 Å². The molecule has 0 radical (unpaired) electrons. The Hall–Kier alpha value is -4.53. The standard InChI is InChI=1S/C33H41N3O6/c1-32(2,3)22-14-17-24(27(20-22)41-19-9-18-35-31(39)42-33(4,5)6)29(37)25-10-8-11-26(34)28(25)36-30(38)21-12-15-23(40-7)16-13-21/h8,10-17,20H,9,18-19,34H2,1-7H3,(H,35,39)(H,36,38). The van der Waals surface area contributed by atoms with Gasteiger partial charge in [0.15, 0.2) is 5.78 Å². The maximum absolute atomic E-state index is 13.9. The van der Waals surface area contributed by atoms with Gasteiger partial charge in [0.2, 0.25) is 0 Å². The van der Waals surface area contributed by atoms with Crippen molar-refractivity contribution in [2.24, 2.45) is 0 Å². The predicted molar refractivity (Wildman–Crippen MR) is 165 cm³/mol. The molecule has 0 atom stereocenters. The first kappa shape index (κ1) is 32.0. The molecule has 2 amide bonds. The number of anilines is 2. The lowest BCUT2D eigenvalue weighted by atomic mass is 9.85. The van der Waals surface area contributed by atoms with Crippen molar-refractivity contribution in [2.75, 3.05) is 31.3 Å². The van der Waals surface area contributed by atoms with E-state index in [1.165, 1.54) is 0 Å². The van der Waals surface area contributed by atoms with Crippen molar-refractivity contribution in [2.45, 2.75) is 59.0 Å². The van der Waals surface area contributed by atoms with Crippen LogP contribution >= 0.6 is 0 Å². The van der Waals surface area contributed by atoms with Gasteiger partial charge < -0.3 is 30.6 Å². The van der Waals surface area contributed by atoms with E-state index >= 15 is 0 Å². The van der Waals surface area contributed by atoms with Crippen LogP contribution in [0.4, 0.5) is 16.2 Å². The molecular weight excluding hydrogens is 534 g/mol. The van der Waals surface area contributed by atoms with Crippen LogP contribution in [0.1, 0.15) is 79.8 Å². The highest BCUT2D eigenvalue weighted by Gasteiger charge is 2.24. The molecule has 4 N–H and O–H groups in total. The Balaban J connectivity index is 1.84. The highest BCUT2D eigenvalue weighted by atomic mass is 16.6. The van der Waals surface area contributed by atoms with E-state index in [2.05, 4.69) is 31.4 Å². The Labute approximate surface area is 247 Å². The zero-order valence-corrected chi connectivity index (χ0v) is 25.4. The van der Waals surface area contributed by atoms with Crippen LogP contribution in [0.2, 0.25) is 0 Å². The third-order valence-corrected chi connectivity index (χ3v) is 6.27.